The third kappa shape index (κ3) is 2.60. The molecule has 3 aromatic heterocycles. The third-order valence-electron chi connectivity index (χ3n) is 5.35. The minimum absolute atomic E-state index is 0.545. The van der Waals surface area contributed by atoms with Gasteiger partial charge in [0.15, 0.2) is 0 Å². The van der Waals surface area contributed by atoms with E-state index < -0.39 is 0 Å². The number of fused-ring (bicyclic) bond motifs is 1. The molecule has 5 rings (SSSR count). The maximum absolute atomic E-state index is 5.69. The standard InChI is InChI=1S/C21H21N5O/c1-13-5-4-6-17(14(13)2)21-20(27-3)9-19-18(24-21)11-23-26(19)16-10-22-25(12-16)15-7-8-15/h4-6,9-12,15H,7-8H2,1-3H3. The lowest BCUT2D eigenvalue weighted by atomic mass is 10.00. The van der Waals surface area contributed by atoms with E-state index in [9.17, 15) is 0 Å². The van der Waals surface area contributed by atoms with E-state index in [0.717, 1.165) is 33.7 Å². The van der Waals surface area contributed by atoms with Crippen molar-refractivity contribution < 1.29 is 4.74 Å². The fourth-order valence-electron chi connectivity index (χ4n) is 3.48. The maximum Gasteiger partial charge on any atom is 0.147 e. The highest BCUT2D eigenvalue weighted by Crippen LogP contribution is 2.36. The molecule has 1 aliphatic rings. The molecule has 4 aromatic rings. The number of rotatable bonds is 4. The van der Waals surface area contributed by atoms with Gasteiger partial charge in [-0.3, -0.25) is 4.68 Å². The summed E-state index contributed by atoms with van der Waals surface area (Å²) in [5.74, 6) is 0.743. The number of pyridine rings is 1. The van der Waals surface area contributed by atoms with Crippen molar-refractivity contribution in [3.05, 3.63) is 54.0 Å². The Hall–Kier alpha value is -3.15. The molecule has 0 amide bonds. The van der Waals surface area contributed by atoms with Crippen molar-refractivity contribution in [2.24, 2.45) is 0 Å². The topological polar surface area (TPSA) is 57.8 Å². The van der Waals surface area contributed by atoms with Crippen molar-refractivity contribution in [2.75, 3.05) is 7.11 Å². The highest BCUT2D eigenvalue weighted by Gasteiger charge is 2.25. The Kier molecular flexibility index (Phi) is 3.53. The number of nitrogens with zero attached hydrogens (tertiary/aromatic N) is 5. The first-order chi connectivity index (χ1) is 13.2. The molecule has 6 heteroatoms. The van der Waals surface area contributed by atoms with Gasteiger partial charge in [0.1, 0.15) is 22.6 Å². The van der Waals surface area contributed by atoms with Gasteiger partial charge in [0.2, 0.25) is 0 Å². The summed E-state index contributed by atoms with van der Waals surface area (Å²) in [6.07, 6.45) is 8.12. The zero-order chi connectivity index (χ0) is 18.5. The molecule has 3 heterocycles. The van der Waals surface area contributed by atoms with Crippen molar-refractivity contribution in [3.63, 3.8) is 0 Å². The van der Waals surface area contributed by atoms with Crippen molar-refractivity contribution in [3.8, 4) is 22.7 Å². The number of aromatic nitrogens is 5. The third-order valence-corrected chi connectivity index (χ3v) is 5.35. The summed E-state index contributed by atoms with van der Waals surface area (Å²) in [6.45, 7) is 4.23. The SMILES string of the molecule is COc1cc2c(cnn2-c2cnn(C3CC3)c2)nc1-c1cccc(C)c1C. The highest BCUT2D eigenvalue weighted by atomic mass is 16.5. The second kappa shape index (κ2) is 5.94. The summed E-state index contributed by atoms with van der Waals surface area (Å²) < 4.78 is 9.60. The van der Waals surface area contributed by atoms with E-state index >= 15 is 0 Å². The molecule has 0 bridgehead atoms. The molecule has 0 saturated heterocycles. The van der Waals surface area contributed by atoms with Gasteiger partial charge in [-0.05, 0) is 37.8 Å². The fourth-order valence-corrected chi connectivity index (χ4v) is 3.48. The normalized spacial score (nSPS) is 14.0. The van der Waals surface area contributed by atoms with Crippen molar-refractivity contribution in [1.82, 2.24) is 24.5 Å². The van der Waals surface area contributed by atoms with Crippen LogP contribution in [0.3, 0.4) is 0 Å². The molecule has 27 heavy (non-hydrogen) atoms. The Morgan fingerprint density at radius 3 is 2.74 bits per heavy atom. The summed E-state index contributed by atoms with van der Waals surface area (Å²) in [6, 6.07) is 8.81. The molecule has 0 aliphatic heterocycles. The Morgan fingerprint density at radius 1 is 1.11 bits per heavy atom. The Labute approximate surface area is 157 Å². The lowest BCUT2D eigenvalue weighted by Crippen LogP contribution is -1.98. The average molecular weight is 359 g/mol. The molecule has 6 nitrogen and oxygen atoms in total. The van der Waals surface area contributed by atoms with Crippen LogP contribution in [-0.2, 0) is 0 Å². The van der Waals surface area contributed by atoms with E-state index in [1.807, 2.05) is 21.6 Å². The number of methoxy groups -OCH3 is 1. The van der Waals surface area contributed by atoms with Crippen molar-refractivity contribution in [1.29, 1.82) is 0 Å². The molecule has 1 saturated carbocycles. The second-order valence-electron chi connectivity index (χ2n) is 7.16. The Morgan fingerprint density at radius 2 is 1.96 bits per heavy atom. The van der Waals surface area contributed by atoms with E-state index in [2.05, 4.69) is 48.4 Å². The number of benzene rings is 1. The van der Waals surface area contributed by atoms with E-state index in [-0.39, 0.29) is 0 Å². The fraction of sp³-hybridized carbons (Fsp3) is 0.286. The van der Waals surface area contributed by atoms with E-state index in [0.29, 0.717) is 6.04 Å². The van der Waals surface area contributed by atoms with Gasteiger partial charge in [-0.1, -0.05) is 18.2 Å². The van der Waals surface area contributed by atoms with Gasteiger partial charge < -0.3 is 4.74 Å². The summed E-state index contributed by atoms with van der Waals surface area (Å²) >= 11 is 0. The number of hydrogen-bond acceptors (Lipinski definition) is 4. The molecule has 0 unspecified atom stereocenters. The van der Waals surface area contributed by atoms with Gasteiger partial charge in [-0.15, -0.1) is 0 Å². The first-order valence-corrected chi connectivity index (χ1v) is 9.19. The van der Waals surface area contributed by atoms with Crippen LogP contribution in [0.25, 0.3) is 28.0 Å². The summed E-state index contributed by atoms with van der Waals surface area (Å²) in [5.41, 5.74) is 7.07. The molecule has 0 spiro atoms. The lowest BCUT2D eigenvalue weighted by Gasteiger charge is -2.12. The van der Waals surface area contributed by atoms with Crippen LogP contribution in [-0.4, -0.2) is 31.7 Å². The highest BCUT2D eigenvalue weighted by molar-refractivity contribution is 5.84. The van der Waals surface area contributed by atoms with Crippen LogP contribution in [0.5, 0.6) is 5.75 Å². The van der Waals surface area contributed by atoms with Gasteiger partial charge in [-0.2, -0.15) is 10.2 Å². The van der Waals surface area contributed by atoms with Crippen LogP contribution in [0.4, 0.5) is 0 Å². The lowest BCUT2D eigenvalue weighted by molar-refractivity contribution is 0.415. The van der Waals surface area contributed by atoms with Gasteiger partial charge in [0.05, 0.1) is 37.3 Å². The summed E-state index contributed by atoms with van der Waals surface area (Å²) in [4.78, 5) is 4.88. The average Bonchev–Trinajstić information content (AvgIpc) is 3.27. The van der Waals surface area contributed by atoms with Crippen LogP contribution in [0.2, 0.25) is 0 Å². The second-order valence-corrected chi connectivity index (χ2v) is 7.16. The Bertz CT molecular complexity index is 1150. The molecule has 1 aromatic carbocycles. The molecule has 1 fully saturated rings. The molecule has 0 atom stereocenters. The van der Waals surface area contributed by atoms with E-state index in [1.165, 1.54) is 24.0 Å². The van der Waals surface area contributed by atoms with Crippen LogP contribution in [0.1, 0.15) is 30.0 Å². The van der Waals surface area contributed by atoms with Crippen molar-refractivity contribution in [2.45, 2.75) is 32.7 Å². The van der Waals surface area contributed by atoms with Gasteiger partial charge >= 0.3 is 0 Å². The molecule has 136 valence electrons. The number of ether oxygens (including phenoxy) is 1. The first kappa shape index (κ1) is 16.1. The predicted molar refractivity (Wildman–Crippen MR) is 104 cm³/mol. The van der Waals surface area contributed by atoms with Crippen LogP contribution in [0.15, 0.2) is 42.9 Å². The predicted octanol–water partition coefficient (Wildman–Crippen LogP) is 4.24. The van der Waals surface area contributed by atoms with Gasteiger partial charge in [-0.25, -0.2) is 9.67 Å². The zero-order valence-electron chi connectivity index (χ0n) is 15.7. The monoisotopic (exact) mass is 359 g/mol. The Balaban J connectivity index is 1.66. The van der Waals surface area contributed by atoms with Crippen LogP contribution < -0.4 is 4.74 Å². The molecular formula is C21H21N5O. The summed E-state index contributed by atoms with van der Waals surface area (Å²) in [7, 11) is 1.68. The van der Waals surface area contributed by atoms with Crippen molar-refractivity contribution >= 4 is 11.0 Å². The maximum atomic E-state index is 5.69. The van der Waals surface area contributed by atoms with E-state index in [1.54, 1.807) is 13.3 Å². The van der Waals surface area contributed by atoms with E-state index in [4.69, 9.17) is 9.72 Å². The smallest absolute Gasteiger partial charge is 0.147 e. The molecular weight excluding hydrogens is 338 g/mol. The minimum atomic E-state index is 0.545. The molecule has 1 aliphatic carbocycles. The molecule has 0 radical (unpaired) electrons. The molecule has 0 N–H and O–H groups in total. The number of aryl methyl sites for hydroxylation is 1. The zero-order valence-corrected chi connectivity index (χ0v) is 15.7. The number of hydrogen-bond donors (Lipinski definition) is 0. The quantitative estimate of drug-likeness (QED) is 0.547. The van der Waals surface area contributed by atoms with Gasteiger partial charge in [0.25, 0.3) is 0 Å². The first-order valence-electron chi connectivity index (χ1n) is 9.19. The van der Waals surface area contributed by atoms with Crippen LogP contribution >= 0.6 is 0 Å². The van der Waals surface area contributed by atoms with Crippen LogP contribution in [0, 0.1) is 13.8 Å². The largest absolute Gasteiger partial charge is 0.494 e. The minimum Gasteiger partial charge on any atom is -0.494 e. The summed E-state index contributed by atoms with van der Waals surface area (Å²) in [5, 5.41) is 9.03. The van der Waals surface area contributed by atoms with Gasteiger partial charge in [0, 0.05) is 11.6 Å².